The van der Waals surface area contributed by atoms with Gasteiger partial charge in [-0.1, -0.05) is 135 Å². The lowest BCUT2D eigenvalue weighted by atomic mass is 10.1. The molecule has 1 rings (SSSR count). The normalized spacial score (nSPS) is 10.8. The highest BCUT2D eigenvalue weighted by molar-refractivity contribution is 5.90. The zero-order valence-electron chi connectivity index (χ0n) is 24.6. The van der Waals surface area contributed by atoms with Gasteiger partial charge in [0.1, 0.15) is 11.6 Å². The molecule has 0 aliphatic rings. The van der Waals surface area contributed by atoms with Crippen LogP contribution in [0.15, 0.2) is 18.2 Å². The van der Waals surface area contributed by atoms with Gasteiger partial charge in [0.25, 0.3) is 0 Å². The monoisotopic (exact) mass is 531 g/mol. The Morgan fingerprint density at radius 2 is 0.842 bits per heavy atom. The number of nitrogens with zero attached hydrogens (tertiary/aromatic N) is 1. The van der Waals surface area contributed by atoms with E-state index >= 15 is 0 Å². The molecule has 1 heterocycles. The number of hydrogen-bond donors (Lipinski definition) is 4. The summed E-state index contributed by atoms with van der Waals surface area (Å²) in [6, 6.07) is 4.66. The van der Waals surface area contributed by atoms with Crippen molar-refractivity contribution in [3.8, 4) is 0 Å². The van der Waals surface area contributed by atoms with Crippen LogP contribution in [0.5, 0.6) is 0 Å². The van der Waals surface area contributed by atoms with Gasteiger partial charge in [-0.2, -0.15) is 0 Å². The average molecular weight is 532 g/mol. The molecule has 0 atom stereocenters. The number of unbranched alkanes of at least 4 members (excludes halogenated alkanes) is 18. The highest BCUT2D eigenvalue weighted by Crippen LogP contribution is 2.12. The van der Waals surface area contributed by atoms with E-state index in [1.54, 1.807) is 18.2 Å². The number of carbonyl (C=O) groups is 2. The van der Waals surface area contributed by atoms with Gasteiger partial charge in [-0.05, 0) is 25.0 Å². The maximum Gasteiger partial charge on any atom is 0.320 e. The summed E-state index contributed by atoms with van der Waals surface area (Å²) in [5.74, 6) is 0.830. The van der Waals surface area contributed by atoms with E-state index in [-0.39, 0.29) is 12.1 Å². The molecule has 38 heavy (non-hydrogen) atoms. The van der Waals surface area contributed by atoms with Gasteiger partial charge in [0.2, 0.25) is 0 Å². The van der Waals surface area contributed by atoms with Gasteiger partial charge in [0, 0.05) is 13.1 Å². The lowest BCUT2D eigenvalue weighted by Crippen LogP contribution is -2.31. The minimum atomic E-state index is -0.268. The van der Waals surface area contributed by atoms with Gasteiger partial charge in [-0.3, -0.25) is 10.6 Å². The first-order valence-corrected chi connectivity index (χ1v) is 15.7. The number of carbonyl (C=O) groups excluding carboxylic acids is 2. The molecular formula is C31H57N5O2. The van der Waals surface area contributed by atoms with Crippen molar-refractivity contribution in [2.24, 2.45) is 0 Å². The maximum absolute atomic E-state index is 12.2. The first kappa shape index (κ1) is 33.7. The topological polar surface area (TPSA) is 95.2 Å². The van der Waals surface area contributed by atoms with Crippen LogP contribution in [0.3, 0.4) is 0 Å². The predicted molar refractivity (Wildman–Crippen MR) is 162 cm³/mol. The predicted octanol–water partition coefficient (Wildman–Crippen LogP) is 9.17. The Kier molecular flexibility index (Phi) is 22.2. The molecule has 0 saturated heterocycles. The maximum atomic E-state index is 12.2. The summed E-state index contributed by atoms with van der Waals surface area (Å²) in [5, 5.41) is 11.3. The molecule has 7 nitrogen and oxygen atoms in total. The van der Waals surface area contributed by atoms with Crippen LogP contribution in [0, 0.1) is 0 Å². The molecule has 0 spiro atoms. The molecule has 1 aromatic heterocycles. The summed E-state index contributed by atoms with van der Waals surface area (Å²) in [6.45, 7) is 5.81. The Bertz CT molecular complexity index is 658. The minimum absolute atomic E-state index is 0.268. The molecule has 0 aliphatic heterocycles. The SMILES string of the molecule is CCCCCCCCCCCCNC(=O)Nc1cccc(NC(=O)NCCCCCCCCCCCC)n1. The second-order valence-electron chi connectivity index (χ2n) is 10.5. The third-order valence-corrected chi connectivity index (χ3v) is 6.86. The Morgan fingerprint density at radius 1 is 0.526 bits per heavy atom. The van der Waals surface area contributed by atoms with E-state index in [9.17, 15) is 9.59 Å². The Balaban J connectivity index is 2.05. The van der Waals surface area contributed by atoms with Crippen molar-refractivity contribution in [1.29, 1.82) is 0 Å². The van der Waals surface area contributed by atoms with E-state index in [0.29, 0.717) is 24.7 Å². The fourth-order valence-electron chi connectivity index (χ4n) is 4.52. The molecule has 0 unspecified atom stereocenters. The van der Waals surface area contributed by atoms with Gasteiger partial charge in [0.15, 0.2) is 0 Å². The summed E-state index contributed by atoms with van der Waals surface area (Å²) in [7, 11) is 0. The number of rotatable bonds is 24. The Labute approximate surface area is 233 Å². The van der Waals surface area contributed by atoms with Crippen LogP contribution < -0.4 is 21.3 Å². The molecule has 7 heteroatoms. The number of pyridine rings is 1. The molecular weight excluding hydrogens is 474 g/mol. The van der Waals surface area contributed by atoms with Crippen molar-refractivity contribution in [3.63, 3.8) is 0 Å². The fraction of sp³-hybridized carbons (Fsp3) is 0.774. The summed E-state index contributed by atoms with van der Waals surface area (Å²) in [6.07, 6.45) is 25.4. The number of amides is 4. The van der Waals surface area contributed by atoms with E-state index < -0.39 is 0 Å². The van der Waals surface area contributed by atoms with Gasteiger partial charge < -0.3 is 10.6 Å². The molecule has 4 N–H and O–H groups in total. The Morgan fingerprint density at radius 3 is 1.18 bits per heavy atom. The molecule has 0 fully saturated rings. The smallest absolute Gasteiger partial charge is 0.320 e. The van der Waals surface area contributed by atoms with E-state index in [2.05, 4.69) is 40.1 Å². The number of urea groups is 2. The highest BCUT2D eigenvalue weighted by Gasteiger charge is 2.06. The van der Waals surface area contributed by atoms with Crippen molar-refractivity contribution in [2.45, 2.75) is 142 Å². The Hall–Kier alpha value is -2.31. The van der Waals surface area contributed by atoms with Crippen molar-refractivity contribution in [1.82, 2.24) is 15.6 Å². The molecule has 0 bridgehead atoms. The molecule has 218 valence electrons. The summed E-state index contributed by atoms with van der Waals surface area (Å²) >= 11 is 0. The van der Waals surface area contributed by atoms with Gasteiger partial charge in [0.05, 0.1) is 0 Å². The minimum Gasteiger partial charge on any atom is -0.338 e. The molecule has 1 aromatic rings. The summed E-state index contributed by atoms with van der Waals surface area (Å²) in [5.41, 5.74) is 0. The quantitative estimate of drug-likeness (QED) is 0.100. The zero-order chi connectivity index (χ0) is 27.5. The lowest BCUT2D eigenvalue weighted by molar-refractivity contribution is 0.251. The number of anilines is 2. The lowest BCUT2D eigenvalue weighted by Gasteiger charge is -2.10. The van der Waals surface area contributed by atoms with E-state index in [1.807, 2.05) is 0 Å². The third-order valence-electron chi connectivity index (χ3n) is 6.86. The van der Waals surface area contributed by atoms with Crippen LogP contribution in [0.1, 0.15) is 142 Å². The largest absolute Gasteiger partial charge is 0.338 e. The summed E-state index contributed by atoms with van der Waals surface area (Å²) in [4.78, 5) is 28.7. The first-order chi connectivity index (χ1) is 18.7. The molecule has 0 saturated carbocycles. The zero-order valence-corrected chi connectivity index (χ0v) is 24.6. The first-order valence-electron chi connectivity index (χ1n) is 15.7. The number of hydrogen-bond acceptors (Lipinski definition) is 3. The van der Waals surface area contributed by atoms with Crippen molar-refractivity contribution in [3.05, 3.63) is 18.2 Å². The second-order valence-corrected chi connectivity index (χ2v) is 10.5. The molecule has 0 aromatic carbocycles. The summed E-state index contributed by atoms with van der Waals surface area (Å²) < 4.78 is 0. The third kappa shape index (κ3) is 20.7. The van der Waals surface area contributed by atoms with Gasteiger partial charge in [-0.15, -0.1) is 0 Å². The van der Waals surface area contributed by atoms with Crippen LogP contribution in [0.2, 0.25) is 0 Å². The number of nitrogens with one attached hydrogen (secondary N) is 4. The second kappa shape index (κ2) is 25.0. The van der Waals surface area contributed by atoms with E-state index in [4.69, 9.17) is 0 Å². The van der Waals surface area contributed by atoms with Crippen molar-refractivity contribution < 1.29 is 9.59 Å². The van der Waals surface area contributed by atoms with Gasteiger partial charge >= 0.3 is 12.1 Å². The van der Waals surface area contributed by atoms with Crippen LogP contribution in [-0.2, 0) is 0 Å². The molecule has 0 radical (unpaired) electrons. The van der Waals surface area contributed by atoms with Crippen LogP contribution in [-0.4, -0.2) is 30.1 Å². The van der Waals surface area contributed by atoms with Crippen LogP contribution in [0.4, 0.5) is 21.2 Å². The van der Waals surface area contributed by atoms with Crippen LogP contribution >= 0.6 is 0 Å². The number of aromatic nitrogens is 1. The van der Waals surface area contributed by atoms with Crippen molar-refractivity contribution in [2.75, 3.05) is 23.7 Å². The molecule has 0 aliphatic carbocycles. The average Bonchev–Trinajstić information content (AvgIpc) is 2.90. The molecule has 4 amide bonds. The highest BCUT2D eigenvalue weighted by atomic mass is 16.2. The van der Waals surface area contributed by atoms with Crippen LogP contribution in [0.25, 0.3) is 0 Å². The fourth-order valence-corrected chi connectivity index (χ4v) is 4.52. The van der Waals surface area contributed by atoms with Crippen molar-refractivity contribution >= 4 is 23.7 Å². The van der Waals surface area contributed by atoms with E-state index in [0.717, 1.165) is 25.7 Å². The van der Waals surface area contributed by atoms with E-state index in [1.165, 1.54) is 103 Å². The van der Waals surface area contributed by atoms with Gasteiger partial charge in [-0.25, -0.2) is 14.6 Å². The standard InChI is InChI=1S/C31H57N5O2/c1-3-5-7-9-11-13-15-17-19-21-26-32-30(37)35-28-24-23-25-29(34-28)36-31(38)33-27-22-20-18-16-14-12-10-8-6-4-2/h23-25H,3-22,26-27H2,1-2H3,(H4,32,33,34,35,36,37,38).